The smallest absolute Gasteiger partial charge is 0.287 e. The van der Waals surface area contributed by atoms with Crippen LogP contribution in [-0.2, 0) is 11.8 Å². The molecule has 0 saturated carbocycles. The predicted octanol–water partition coefficient (Wildman–Crippen LogP) is 1.63. The van der Waals surface area contributed by atoms with Crippen molar-refractivity contribution in [1.29, 1.82) is 0 Å². The van der Waals surface area contributed by atoms with Gasteiger partial charge in [-0.15, -0.1) is 0 Å². The van der Waals surface area contributed by atoms with Crippen molar-refractivity contribution in [2.24, 2.45) is 7.05 Å². The summed E-state index contributed by atoms with van der Waals surface area (Å²) in [5, 5.41) is 10.5. The first-order valence-electron chi connectivity index (χ1n) is 7.40. The molecule has 1 atom stereocenters. The Bertz CT molecular complexity index is 898. The number of hydrogen-bond acceptors (Lipinski definition) is 5. The summed E-state index contributed by atoms with van der Waals surface area (Å²) in [6.45, 7) is 3.47. The predicted molar refractivity (Wildman–Crippen MR) is 87.5 cm³/mol. The van der Waals surface area contributed by atoms with Crippen LogP contribution in [0.25, 0.3) is 11.0 Å². The standard InChI is InChI=1S/C16H17N5O3/c1-9-12-7-11(8-17-14(12)21(3)20-9)19-15(22)10(2)18-16(23)13-5-4-6-24-13/h4-8,10H,1-3H3,(H,18,23)(H,19,22). The Kier molecular flexibility index (Phi) is 4.03. The zero-order chi connectivity index (χ0) is 17.3. The Labute approximate surface area is 137 Å². The number of amides is 2. The van der Waals surface area contributed by atoms with Gasteiger partial charge in [-0.1, -0.05) is 0 Å². The molecule has 3 rings (SSSR count). The summed E-state index contributed by atoms with van der Waals surface area (Å²) in [5.74, 6) is -0.638. The van der Waals surface area contributed by atoms with Crippen molar-refractivity contribution >= 4 is 28.5 Å². The van der Waals surface area contributed by atoms with Crippen LogP contribution >= 0.6 is 0 Å². The van der Waals surface area contributed by atoms with Crippen molar-refractivity contribution < 1.29 is 14.0 Å². The number of fused-ring (bicyclic) bond motifs is 1. The number of nitrogens with zero attached hydrogens (tertiary/aromatic N) is 3. The van der Waals surface area contributed by atoms with Gasteiger partial charge in [-0.3, -0.25) is 14.3 Å². The lowest BCUT2D eigenvalue weighted by Gasteiger charge is -2.13. The van der Waals surface area contributed by atoms with Crippen LogP contribution in [0, 0.1) is 6.92 Å². The second-order valence-electron chi connectivity index (χ2n) is 5.47. The first kappa shape index (κ1) is 15.7. The average Bonchev–Trinajstić information content (AvgIpc) is 3.17. The van der Waals surface area contributed by atoms with Crippen molar-refractivity contribution in [2.45, 2.75) is 19.9 Å². The summed E-state index contributed by atoms with van der Waals surface area (Å²) >= 11 is 0. The van der Waals surface area contributed by atoms with Crippen molar-refractivity contribution in [3.63, 3.8) is 0 Å². The summed E-state index contributed by atoms with van der Waals surface area (Å²) in [5.41, 5.74) is 2.11. The number of hydrogen-bond donors (Lipinski definition) is 2. The van der Waals surface area contributed by atoms with Crippen LogP contribution in [0.5, 0.6) is 0 Å². The zero-order valence-electron chi connectivity index (χ0n) is 13.5. The molecule has 2 N–H and O–H groups in total. The minimum absolute atomic E-state index is 0.156. The van der Waals surface area contributed by atoms with E-state index in [1.54, 1.807) is 23.9 Å². The maximum Gasteiger partial charge on any atom is 0.287 e. The van der Waals surface area contributed by atoms with E-state index >= 15 is 0 Å². The summed E-state index contributed by atoms with van der Waals surface area (Å²) in [6.07, 6.45) is 2.96. The van der Waals surface area contributed by atoms with Gasteiger partial charge in [0.05, 0.1) is 23.8 Å². The number of furan rings is 1. The molecule has 0 fully saturated rings. The Morgan fingerprint density at radius 1 is 1.38 bits per heavy atom. The molecule has 0 saturated heterocycles. The van der Waals surface area contributed by atoms with E-state index in [0.717, 1.165) is 16.7 Å². The fraction of sp³-hybridized carbons (Fsp3) is 0.250. The van der Waals surface area contributed by atoms with Gasteiger partial charge in [-0.25, -0.2) is 4.98 Å². The first-order chi connectivity index (χ1) is 11.5. The number of anilines is 1. The Morgan fingerprint density at radius 2 is 2.17 bits per heavy atom. The van der Waals surface area contributed by atoms with Crippen LogP contribution in [-0.4, -0.2) is 32.6 Å². The molecule has 3 aromatic rings. The molecule has 0 aliphatic carbocycles. The largest absolute Gasteiger partial charge is 0.459 e. The molecule has 2 amide bonds. The number of pyridine rings is 1. The molecule has 3 aromatic heterocycles. The molecular formula is C16H17N5O3. The maximum absolute atomic E-state index is 12.2. The highest BCUT2D eigenvalue weighted by Gasteiger charge is 2.18. The van der Waals surface area contributed by atoms with Gasteiger partial charge in [0, 0.05) is 12.4 Å². The molecular weight excluding hydrogens is 310 g/mol. The summed E-state index contributed by atoms with van der Waals surface area (Å²) in [6, 6.07) is 4.22. The summed E-state index contributed by atoms with van der Waals surface area (Å²) in [7, 11) is 1.81. The third-order valence-corrected chi connectivity index (χ3v) is 3.62. The SMILES string of the molecule is Cc1nn(C)c2ncc(NC(=O)C(C)NC(=O)c3ccco3)cc12. The van der Waals surface area contributed by atoms with E-state index in [0.29, 0.717) is 5.69 Å². The second kappa shape index (κ2) is 6.15. The molecule has 8 heteroatoms. The lowest BCUT2D eigenvalue weighted by Crippen LogP contribution is -2.41. The van der Waals surface area contributed by atoms with Gasteiger partial charge < -0.3 is 15.1 Å². The van der Waals surface area contributed by atoms with Crippen molar-refractivity contribution in [3.05, 3.63) is 42.1 Å². The normalized spacial score (nSPS) is 12.1. The average molecular weight is 327 g/mol. The van der Waals surface area contributed by atoms with Crippen molar-refractivity contribution in [2.75, 3.05) is 5.32 Å². The van der Waals surface area contributed by atoms with Gasteiger partial charge >= 0.3 is 0 Å². The number of carbonyl (C=O) groups excluding carboxylic acids is 2. The molecule has 0 spiro atoms. The molecule has 0 radical (unpaired) electrons. The minimum Gasteiger partial charge on any atom is -0.459 e. The van der Waals surface area contributed by atoms with E-state index in [1.807, 2.05) is 20.0 Å². The molecule has 0 aromatic carbocycles. The summed E-state index contributed by atoms with van der Waals surface area (Å²) < 4.78 is 6.68. The van der Waals surface area contributed by atoms with Gasteiger partial charge in [-0.2, -0.15) is 5.10 Å². The number of nitrogens with one attached hydrogen (secondary N) is 2. The van der Waals surface area contributed by atoms with Gasteiger partial charge in [-0.05, 0) is 32.0 Å². The van der Waals surface area contributed by atoms with E-state index in [1.165, 1.54) is 12.3 Å². The highest BCUT2D eigenvalue weighted by Crippen LogP contribution is 2.19. The van der Waals surface area contributed by atoms with Gasteiger partial charge in [0.1, 0.15) is 6.04 Å². The van der Waals surface area contributed by atoms with Gasteiger partial charge in [0.25, 0.3) is 5.91 Å². The fourth-order valence-corrected chi connectivity index (χ4v) is 2.37. The van der Waals surface area contributed by atoms with Gasteiger partial charge in [0.15, 0.2) is 11.4 Å². The Morgan fingerprint density at radius 3 is 2.88 bits per heavy atom. The first-order valence-corrected chi connectivity index (χ1v) is 7.40. The van der Waals surface area contributed by atoms with Crippen LogP contribution in [0.1, 0.15) is 23.2 Å². The number of carbonyl (C=O) groups is 2. The topological polar surface area (TPSA) is 102 Å². The molecule has 24 heavy (non-hydrogen) atoms. The quantitative estimate of drug-likeness (QED) is 0.758. The third kappa shape index (κ3) is 2.98. The van der Waals surface area contributed by atoms with Crippen molar-refractivity contribution in [1.82, 2.24) is 20.1 Å². The Balaban J connectivity index is 1.70. The van der Waals surface area contributed by atoms with Gasteiger partial charge in [0.2, 0.25) is 5.91 Å². The maximum atomic E-state index is 12.2. The van der Waals surface area contributed by atoms with E-state index in [-0.39, 0.29) is 11.7 Å². The van der Waals surface area contributed by atoms with Crippen LogP contribution in [0.4, 0.5) is 5.69 Å². The van der Waals surface area contributed by atoms with Crippen LogP contribution in [0.3, 0.4) is 0 Å². The number of rotatable bonds is 4. The molecule has 0 bridgehead atoms. The van der Waals surface area contributed by atoms with E-state index in [2.05, 4.69) is 20.7 Å². The van der Waals surface area contributed by atoms with E-state index in [4.69, 9.17) is 4.42 Å². The van der Waals surface area contributed by atoms with E-state index in [9.17, 15) is 9.59 Å². The molecule has 1 unspecified atom stereocenters. The summed E-state index contributed by atoms with van der Waals surface area (Å²) in [4.78, 5) is 28.4. The van der Waals surface area contributed by atoms with Crippen LogP contribution in [0.15, 0.2) is 35.1 Å². The molecule has 124 valence electrons. The molecule has 3 heterocycles. The fourth-order valence-electron chi connectivity index (χ4n) is 2.37. The van der Waals surface area contributed by atoms with Crippen LogP contribution < -0.4 is 10.6 Å². The second-order valence-corrected chi connectivity index (χ2v) is 5.47. The van der Waals surface area contributed by atoms with Crippen molar-refractivity contribution in [3.8, 4) is 0 Å². The molecule has 0 aliphatic rings. The monoisotopic (exact) mass is 327 g/mol. The lowest BCUT2D eigenvalue weighted by molar-refractivity contribution is -0.117. The molecule has 0 aliphatic heterocycles. The third-order valence-electron chi connectivity index (χ3n) is 3.62. The highest BCUT2D eigenvalue weighted by molar-refractivity contribution is 6.00. The highest BCUT2D eigenvalue weighted by atomic mass is 16.3. The molecule has 8 nitrogen and oxygen atoms in total. The zero-order valence-corrected chi connectivity index (χ0v) is 13.5. The van der Waals surface area contributed by atoms with E-state index < -0.39 is 11.9 Å². The number of aryl methyl sites for hydroxylation is 2. The number of aromatic nitrogens is 3. The minimum atomic E-state index is -0.728. The van der Waals surface area contributed by atoms with Crippen LogP contribution in [0.2, 0.25) is 0 Å². The Hall–Kier alpha value is -3.16. The lowest BCUT2D eigenvalue weighted by atomic mass is 10.2.